The molecule has 0 spiro atoms. The van der Waals surface area contributed by atoms with Crippen molar-refractivity contribution in [2.75, 3.05) is 6.54 Å². The predicted octanol–water partition coefficient (Wildman–Crippen LogP) is 2.85. The molecular weight excluding hydrogens is 236 g/mol. The zero-order valence-electron chi connectivity index (χ0n) is 11.7. The highest BCUT2D eigenvalue weighted by Crippen LogP contribution is 2.31. The number of aromatic nitrogens is 1. The van der Waals surface area contributed by atoms with E-state index in [2.05, 4.69) is 4.98 Å². The van der Waals surface area contributed by atoms with Crippen LogP contribution in [0.1, 0.15) is 56.6 Å². The highest BCUT2D eigenvalue weighted by Gasteiger charge is 2.28. The van der Waals surface area contributed by atoms with Crippen LogP contribution in [0.3, 0.4) is 0 Å². The second-order valence-corrected chi connectivity index (χ2v) is 5.69. The average molecular weight is 262 g/mol. The number of nitrogens with two attached hydrogens (primary N) is 1. The molecule has 1 aliphatic carbocycles. The highest BCUT2D eigenvalue weighted by molar-refractivity contribution is 5.12. The Labute approximate surface area is 116 Å². The van der Waals surface area contributed by atoms with Gasteiger partial charge in [0.25, 0.3) is 0 Å². The van der Waals surface area contributed by atoms with E-state index in [0.717, 1.165) is 18.5 Å². The minimum absolute atomic E-state index is 0.0226. The number of aliphatic hydroxyl groups excluding tert-OH is 1. The zero-order chi connectivity index (χ0) is 13.5. The van der Waals surface area contributed by atoms with Crippen LogP contribution in [-0.2, 0) is 0 Å². The molecule has 3 N–H and O–H groups in total. The molecule has 1 fully saturated rings. The molecule has 2 unspecified atom stereocenters. The summed E-state index contributed by atoms with van der Waals surface area (Å²) in [5.41, 5.74) is 6.81. The molecule has 0 saturated heterocycles. The van der Waals surface area contributed by atoms with E-state index < -0.39 is 0 Å². The van der Waals surface area contributed by atoms with Crippen molar-refractivity contribution in [1.29, 1.82) is 0 Å². The van der Waals surface area contributed by atoms with Crippen molar-refractivity contribution >= 4 is 0 Å². The lowest BCUT2D eigenvalue weighted by atomic mass is 9.81. The Kier molecular flexibility index (Phi) is 5.80. The molecule has 1 saturated carbocycles. The van der Waals surface area contributed by atoms with Crippen LogP contribution in [0.2, 0.25) is 0 Å². The lowest BCUT2D eigenvalue weighted by Gasteiger charge is -2.30. The van der Waals surface area contributed by atoms with Crippen LogP contribution >= 0.6 is 0 Å². The smallest absolute Gasteiger partial charge is 0.0664 e. The van der Waals surface area contributed by atoms with Crippen LogP contribution in [-0.4, -0.2) is 22.7 Å². The normalized spacial score (nSPS) is 21.4. The summed E-state index contributed by atoms with van der Waals surface area (Å²) < 4.78 is 0. The first-order valence-electron chi connectivity index (χ1n) is 7.62. The molecule has 3 heteroatoms. The number of nitrogens with zero attached hydrogens (tertiary/aromatic N) is 1. The van der Waals surface area contributed by atoms with E-state index in [0.29, 0.717) is 12.5 Å². The Morgan fingerprint density at radius 3 is 2.42 bits per heavy atom. The maximum Gasteiger partial charge on any atom is 0.0664 e. The third-order valence-corrected chi connectivity index (χ3v) is 4.37. The van der Waals surface area contributed by atoms with Crippen LogP contribution in [0.5, 0.6) is 0 Å². The van der Waals surface area contributed by atoms with Gasteiger partial charge in [-0.15, -0.1) is 0 Å². The summed E-state index contributed by atoms with van der Waals surface area (Å²) >= 11 is 0. The van der Waals surface area contributed by atoms with Gasteiger partial charge in [0.2, 0.25) is 0 Å². The van der Waals surface area contributed by atoms with Gasteiger partial charge in [0.05, 0.1) is 6.10 Å². The first kappa shape index (κ1) is 14.5. The molecule has 0 bridgehead atoms. The van der Waals surface area contributed by atoms with Gasteiger partial charge in [-0.05, 0) is 30.9 Å². The van der Waals surface area contributed by atoms with Crippen molar-refractivity contribution in [2.24, 2.45) is 11.7 Å². The summed E-state index contributed by atoms with van der Waals surface area (Å²) in [6.07, 6.45) is 10.1. The van der Waals surface area contributed by atoms with Gasteiger partial charge in [-0.2, -0.15) is 0 Å². The number of aliphatic hydroxyl groups is 1. The Bertz CT molecular complexity index is 347. The van der Waals surface area contributed by atoms with Crippen LogP contribution in [0.15, 0.2) is 24.4 Å². The van der Waals surface area contributed by atoms with E-state index in [-0.39, 0.29) is 12.0 Å². The Morgan fingerprint density at radius 2 is 1.84 bits per heavy atom. The second kappa shape index (κ2) is 7.61. The maximum atomic E-state index is 10.7. The van der Waals surface area contributed by atoms with Gasteiger partial charge in [0, 0.05) is 24.4 Å². The molecule has 1 heterocycles. The lowest BCUT2D eigenvalue weighted by molar-refractivity contribution is 0.0668. The monoisotopic (exact) mass is 262 g/mol. The average Bonchev–Trinajstić information content (AvgIpc) is 2.40. The van der Waals surface area contributed by atoms with E-state index in [1.54, 1.807) is 6.20 Å². The topological polar surface area (TPSA) is 59.1 Å². The van der Waals surface area contributed by atoms with Crippen molar-refractivity contribution in [3.05, 3.63) is 30.1 Å². The maximum absolute atomic E-state index is 10.7. The molecule has 106 valence electrons. The van der Waals surface area contributed by atoms with E-state index in [1.807, 2.05) is 18.2 Å². The van der Waals surface area contributed by atoms with Gasteiger partial charge in [-0.1, -0.05) is 38.2 Å². The van der Waals surface area contributed by atoms with E-state index in [4.69, 9.17) is 5.73 Å². The second-order valence-electron chi connectivity index (χ2n) is 5.69. The summed E-state index contributed by atoms with van der Waals surface area (Å²) in [6.45, 7) is 0.467. The summed E-state index contributed by atoms with van der Waals surface area (Å²) in [6, 6.07) is 5.85. The Balaban J connectivity index is 2.04. The number of pyridine rings is 1. The molecule has 1 aromatic rings. The fraction of sp³-hybridized carbons (Fsp3) is 0.688. The van der Waals surface area contributed by atoms with Gasteiger partial charge in [-0.25, -0.2) is 0 Å². The first-order chi connectivity index (χ1) is 9.33. The summed E-state index contributed by atoms with van der Waals surface area (Å²) in [5, 5.41) is 10.7. The standard InChI is InChI=1S/C16H26N2O/c17-12-14(15-10-6-7-11-18-15)16(19)13-8-4-2-1-3-5-9-13/h6-7,10-11,13-14,16,19H,1-5,8-9,12,17H2. The van der Waals surface area contributed by atoms with E-state index in [9.17, 15) is 5.11 Å². The molecule has 2 rings (SSSR count). The first-order valence-corrected chi connectivity index (χ1v) is 7.62. The highest BCUT2D eigenvalue weighted by atomic mass is 16.3. The quantitative estimate of drug-likeness (QED) is 0.877. The Morgan fingerprint density at radius 1 is 1.16 bits per heavy atom. The van der Waals surface area contributed by atoms with Crippen molar-refractivity contribution < 1.29 is 5.11 Å². The van der Waals surface area contributed by atoms with Gasteiger partial charge >= 0.3 is 0 Å². The van der Waals surface area contributed by atoms with Gasteiger partial charge in [-0.3, -0.25) is 4.98 Å². The largest absolute Gasteiger partial charge is 0.392 e. The van der Waals surface area contributed by atoms with Crippen molar-refractivity contribution in [1.82, 2.24) is 4.98 Å². The zero-order valence-corrected chi connectivity index (χ0v) is 11.7. The van der Waals surface area contributed by atoms with Gasteiger partial charge < -0.3 is 10.8 Å². The molecule has 2 atom stereocenters. The third-order valence-electron chi connectivity index (χ3n) is 4.37. The third kappa shape index (κ3) is 4.02. The molecule has 0 aromatic carbocycles. The molecule has 0 amide bonds. The molecule has 0 radical (unpaired) electrons. The SMILES string of the molecule is NCC(c1ccccn1)C(O)C1CCCCCCC1. The van der Waals surface area contributed by atoms with E-state index in [1.165, 1.54) is 32.1 Å². The number of hydrogen-bond acceptors (Lipinski definition) is 3. The Hall–Kier alpha value is -0.930. The fourth-order valence-corrected chi connectivity index (χ4v) is 3.19. The molecular formula is C16H26N2O. The van der Waals surface area contributed by atoms with Crippen LogP contribution < -0.4 is 5.73 Å². The minimum Gasteiger partial charge on any atom is -0.392 e. The summed E-state index contributed by atoms with van der Waals surface area (Å²) in [7, 11) is 0. The van der Waals surface area contributed by atoms with Gasteiger partial charge in [0.15, 0.2) is 0 Å². The minimum atomic E-state index is -0.349. The van der Waals surface area contributed by atoms with Crippen LogP contribution in [0.25, 0.3) is 0 Å². The van der Waals surface area contributed by atoms with E-state index >= 15 is 0 Å². The van der Waals surface area contributed by atoms with Crippen molar-refractivity contribution in [2.45, 2.75) is 57.0 Å². The number of hydrogen-bond donors (Lipinski definition) is 2. The van der Waals surface area contributed by atoms with Gasteiger partial charge in [0.1, 0.15) is 0 Å². The predicted molar refractivity (Wildman–Crippen MR) is 77.8 cm³/mol. The molecule has 1 aromatic heterocycles. The molecule has 19 heavy (non-hydrogen) atoms. The van der Waals surface area contributed by atoms with Crippen molar-refractivity contribution in [3.8, 4) is 0 Å². The molecule has 3 nitrogen and oxygen atoms in total. The lowest BCUT2D eigenvalue weighted by Crippen LogP contribution is -2.33. The number of rotatable bonds is 4. The summed E-state index contributed by atoms with van der Waals surface area (Å²) in [4.78, 5) is 4.37. The fourth-order valence-electron chi connectivity index (χ4n) is 3.19. The van der Waals surface area contributed by atoms with Crippen LogP contribution in [0.4, 0.5) is 0 Å². The van der Waals surface area contributed by atoms with Crippen molar-refractivity contribution in [3.63, 3.8) is 0 Å². The summed E-state index contributed by atoms with van der Waals surface area (Å²) in [5.74, 6) is 0.362. The van der Waals surface area contributed by atoms with Crippen LogP contribution in [0, 0.1) is 5.92 Å². The molecule has 0 aliphatic heterocycles. The molecule has 1 aliphatic rings.